The van der Waals surface area contributed by atoms with Crippen LogP contribution in [0.25, 0.3) is 0 Å². The second kappa shape index (κ2) is 5.25. The van der Waals surface area contributed by atoms with Gasteiger partial charge in [-0.1, -0.05) is 6.42 Å². The second-order valence-electron chi connectivity index (χ2n) is 6.00. The molecule has 3 aliphatic rings. The highest BCUT2D eigenvalue weighted by Gasteiger charge is 2.38. The number of aliphatic hydroxyl groups excluding tert-OH is 1. The molecule has 0 aromatic carbocycles. The van der Waals surface area contributed by atoms with Gasteiger partial charge in [0, 0.05) is 25.1 Å². The van der Waals surface area contributed by atoms with Crippen LogP contribution in [0.15, 0.2) is 0 Å². The van der Waals surface area contributed by atoms with E-state index in [9.17, 15) is 5.11 Å². The van der Waals surface area contributed by atoms with Crippen LogP contribution in [0.3, 0.4) is 0 Å². The second-order valence-corrected chi connectivity index (χ2v) is 6.00. The summed E-state index contributed by atoms with van der Waals surface area (Å²) < 4.78 is 5.75. The molecular formula is C14H25NO2. The third kappa shape index (κ3) is 2.51. The topological polar surface area (TPSA) is 32.7 Å². The van der Waals surface area contributed by atoms with Crippen LogP contribution in [0.4, 0.5) is 0 Å². The van der Waals surface area contributed by atoms with Gasteiger partial charge in [-0.15, -0.1) is 0 Å². The number of hydrogen-bond donors (Lipinski definition) is 1. The van der Waals surface area contributed by atoms with Crippen molar-refractivity contribution in [3.05, 3.63) is 0 Å². The van der Waals surface area contributed by atoms with Gasteiger partial charge < -0.3 is 9.84 Å². The summed E-state index contributed by atoms with van der Waals surface area (Å²) in [4.78, 5) is 2.61. The van der Waals surface area contributed by atoms with E-state index in [0.717, 1.165) is 19.6 Å². The number of nitrogens with zero attached hydrogens (tertiary/aromatic N) is 1. The lowest BCUT2D eigenvalue weighted by Crippen LogP contribution is -2.42. The van der Waals surface area contributed by atoms with Crippen LogP contribution in [0.5, 0.6) is 0 Å². The molecule has 98 valence electrons. The molecule has 2 heterocycles. The maximum Gasteiger partial charge on any atom is 0.0702 e. The van der Waals surface area contributed by atoms with E-state index in [-0.39, 0.29) is 6.10 Å². The molecule has 3 nitrogen and oxygen atoms in total. The molecule has 1 N–H and O–H groups in total. The molecule has 17 heavy (non-hydrogen) atoms. The summed E-state index contributed by atoms with van der Waals surface area (Å²) in [6.07, 6.45) is 8.96. The Balaban J connectivity index is 1.58. The van der Waals surface area contributed by atoms with E-state index in [1.807, 2.05) is 0 Å². The lowest BCUT2D eigenvalue weighted by atomic mass is 9.94. The lowest BCUT2D eigenvalue weighted by Gasteiger charge is -2.32. The first-order chi connectivity index (χ1) is 8.34. The molecule has 0 aromatic heterocycles. The molecule has 3 rings (SSSR count). The van der Waals surface area contributed by atoms with E-state index < -0.39 is 0 Å². The van der Waals surface area contributed by atoms with Crippen LogP contribution < -0.4 is 0 Å². The van der Waals surface area contributed by atoms with Crippen molar-refractivity contribution in [1.82, 2.24) is 4.90 Å². The van der Waals surface area contributed by atoms with Gasteiger partial charge in [0.05, 0.1) is 12.2 Å². The summed E-state index contributed by atoms with van der Waals surface area (Å²) >= 11 is 0. The van der Waals surface area contributed by atoms with Gasteiger partial charge in [-0.3, -0.25) is 4.90 Å². The summed E-state index contributed by atoms with van der Waals surface area (Å²) in [7, 11) is 0. The van der Waals surface area contributed by atoms with Gasteiger partial charge in [0.2, 0.25) is 0 Å². The smallest absolute Gasteiger partial charge is 0.0702 e. The maximum absolute atomic E-state index is 10.1. The van der Waals surface area contributed by atoms with Gasteiger partial charge in [-0.05, 0) is 45.1 Å². The van der Waals surface area contributed by atoms with Crippen LogP contribution in [0, 0.1) is 5.92 Å². The molecule has 4 atom stereocenters. The summed E-state index contributed by atoms with van der Waals surface area (Å²) in [5.74, 6) is 0.541. The van der Waals surface area contributed by atoms with Gasteiger partial charge in [0.15, 0.2) is 0 Å². The Morgan fingerprint density at radius 3 is 2.71 bits per heavy atom. The van der Waals surface area contributed by atoms with Crippen LogP contribution in [0.1, 0.15) is 44.9 Å². The Morgan fingerprint density at radius 1 is 1.06 bits per heavy atom. The molecule has 0 spiro atoms. The highest BCUT2D eigenvalue weighted by Crippen LogP contribution is 2.36. The number of ether oxygens (including phenoxy) is 1. The van der Waals surface area contributed by atoms with E-state index in [4.69, 9.17) is 4.74 Å². The molecule has 0 aromatic rings. The molecular weight excluding hydrogens is 214 g/mol. The predicted molar refractivity (Wildman–Crippen MR) is 66.9 cm³/mol. The van der Waals surface area contributed by atoms with Crippen LogP contribution in [-0.2, 0) is 4.74 Å². The van der Waals surface area contributed by atoms with E-state index >= 15 is 0 Å². The molecule has 0 amide bonds. The highest BCUT2D eigenvalue weighted by atomic mass is 16.5. The summed E-state index contributed by atoms with van der Waals surface area (Å²) in [6, 6.07) is 0.636. The van der Waals surface area contributed by atoms with Gasteiger partial charge in [-0.25, -0.2) is 0 Å². The third-order valence-electron chi connectivity index (χ3n) is 4.90. The summed E-state index contributed by atoms with van der Waals surface area (Å²) in [5, 5.41) is 10.1. The van der Waals surface area contributed by atoms with Gasteiger partial charge in [-0.2, -0.15) is 0 Å². The Hall–Kier alpha value is -0.120. The van der Waals surface area contributed by atoms with E-state index in [0.29, 0.717) is 18.1 Å². The lowest BCUT2D eigenvalue weighted by molar-refractivity contribution is 0.0353. The Kier molecular flexibility index (Phi) is 3.69. The van der Waals surface area contributed by atoms with Crippen LogP contribution in [0.2, 0.25) is 0 Å². The van der Waals surface area contributed by atoms with E-state index in [2.05, 4.69) is 4.90 Å². The minimum absolute atomic E-state index is 0.0369. The maximum atomic E-state index is 10.1. The van der Waals surface area contributed by atoms with Crippen molar-refractivity contribution in [2.45, 2.75) is 63.2 Å². The molecule has 4 unspecified atom stereocenters. The number of hydrogen-bond acceptors (Lipinski definition) is 3. The van der Waals surface area contributed by atoms with Crippen molar-refractivity contribution in [3.63, 3.8) is 0 Å². The average molecular weight is 239 g/mol. The number of likely N-dealkylation sites (tertiary alicyclic amines) is 1. The molecule has 1 aliphatic carbocycles. The SMILES string of the molecule is OC1CCCC1C1CCCN1CC1CCCO1. The fourth-order valence-corrected chi connectivity index (χ4v) is 4.03. The van der Waals surface area contributed by atoms with Crippen LogP contribution in [-0.4, -0.2) is 48.0 Å². The fraction of sp³-hybridized carbons (Fsp3) is 1.00. The van der Waals surface area contributed by atoms with Crippen molar-refractivity contribution < 1.29 is 9.84 Å². The number of aliphatic hydroxyl groups is 1. The molecule has 3 heteroatoms. The van der Waals surface area contributed by atoms with Crippen molar-refractivity contribution in [1.29, 1.82) is 0 Å². The standard InChI is InChI=1S/C14H25NO2/c16-14-7-1-5-12(14)13-6-2-8-15(13)10-11-4-3-9-17-11/h11-14,16H,1-10H2. The van der Waals surface area contributed by atoms with Crippen molar-refractivity contribution in [2.75, 3.05) is 19.7 Å². The highest BCUT2D eigenvalue weighted by molar-refractivity contribution is 4.92. The van der Waals surface area contributed by atoms with E-state index in [1.54, 1.807) is 0 Å². The fourth-order valence-electron chi connectivity index (χ4n) is 4.03. The Morgan fingerprint density at radius 2 is 2.00 bits per heavy atom. The monoisotopic (exact) mass is 239 g/mol. The molecule has 0 bridgehead atoms. The first kappa shape index (κ1) is 11.9. The molecule has 0 radical (unpaired) electrons. The zero-order valence-electron chi connectivity index (χ0n) is 10.7. The summed E-state index contributed by atoms with van der Waals surface area (Å²) in [5.41, 5.74) is 0. The third-order valence-corrected chi connectivity index (χ3v) is 4.90. The Bertz CT molecular complexity index is 253. The number of rotatable bonds is 3. The molecule has 2 saturated heterocycles. The van der Waals surface area contributed by atoms with Gasteiger partial charge >= 0.3 is 0 Å². The van der Waals surface area contributed by atoms with E-state index in [1.165, 1.54) is 45.1 Å². The van der Waals surface area contributed by atoms with Gasteiger partial charge in [0.1, 0.15) is 0 Å². The largest absolute Gasteiger partial charge is 0.393 e. The first-order valence-corrected chi connectivity index (χ1v) is 7.38. The van der Waals surface area contributed by atoms with Crippen molar-refractivity contribution >= 4 is 0 Å². The molecule has 1 saturated carbocycles. The van der Waals surface area contributed by atoms with Crippen molar-refractivity contribution in [3.8, 4) is 0 Å². The van der Waals surface area contributed by atoms with Crippen molar-refractivity contribution in [2.24, 2.45) is 5.92 Å². The predicted octanol–water partition coefficient (Wildman–Crippen LogP) is 1.79. The quantitative estimate of drug-likeness (QED) is 0.815. The summed E-state index contributed by atoms with van der Waals surface area (Å²) in [6.45, 7) is 3.27. The first-order valence-electron chi connectivity index (χ1n) is 7.38. The average Bonchev–Trinajstić information content (AvgIpc) is 3.00. The molecule has 3 fully saturated rings. The van der Waals surface area contributed by atoms with Gasteiger partial charge in [0.25, 0.3) is 0 Å². The minimum Gasteiger partial charge on any atom is -0.393 e. The zero-order valence-corrected chi connectivity index (χ0v) is 10.7. The normalized spacial score (nSPS) is 43.6. The minimum atomic E-state index is -0.0369. The Labute approximate surface area is 104 Å². The van der Waals surface area contributed by atoms with Crippen LogP contribution >= 0.6 is 0 Å². The zero-order chi connectivity index (χ0) is 11.7. The molecule has 2 aliphatic heterocycles.